The van der Waals surface area contributed by atoms with E-state index in [4.69, 9.17) is 4.65 Å². The van der Waals surface area contributed by atoms with Crippen LogP contribution < -0.4 is 20.5 Å². The fourth-order valence-electron chi connectivity index (χ4n) is 3.69. The van der Waals surface area contributed by atoms with Gasteiger partial charge in [0, 0.05) is 32.1 Å². The second-order valence-electron chi connectivity index (χ2n) is 8.35. The predicted molar refractivity (Wildman–Crippen MR) is 150 cm³/mol. The minimum Gasteiger partial charge on any atom is -0.550 e. The molecular weight excluding hydrogens is 449 g/mol. The third-order valence-electron chi connectivity index (χ3n) is 5.60. The summed E-state index contributed by atoms with van der Waals surface area (Å²) in [6.07, 6.45) is 5.45. The molecule has 36 heavy (non-hydrogen) atoms. The number of aliphatic imine (C=N–C) groups is 1. The lowest BCUT2D eigenvalue weighted by atomic mass is 9.55. The van der Waals surface area contributed by atoms with Crippen molar-refractivity contribution in [1.29, 1.82) is 0 Å². The van der Waals surface area contributed by atoms with Gasteiger partial charge in [0.05, 0.1) is 11.0 Å². The molecule has 0 unspecified atom stereocenters. The Morgan fingerprint density at radius 2 is 1.47 bits per heavy atom. The van der Waals surface area contributed by atoms with E-state index in [-0.39, 0.29) is 5.69 Å². The van der Waals surface area contributed by atoms with Gasteiger partial charge < -0.3 is 9.55 Å². The topological polar surface area (TPSA) is 68.0 Å². The molecule has 4 rings (SSSR count). The SMILES string of the molecule is CN(C)c1ccc(/C=C/C=Nc2ccc([N+](=O)[O-])cc2OB(c2ccccc2)c2ccccc2)cc1. The third-order valence-corrected chi connectivity index (χ3v) is 5.60. The van der Waals surface area contributed by atoms with E-state index < -0.39 is 11.8 Å². The van der Waals surface area contributed by atoms with Crippen molar-refractivity contribution in [1.82, 2.24) is 0 Å². The zero-order valence-electron chi connectivity index (χ0n) is 20.2. The number of allylic oxidation sites excluding steroid dienone is 1. The van der Waals surface area contributed by atoms with Gasteiger partial charge in [-0.3, -0.25) is 15.1 Å². The highest BCUT2D eigenvalue weighted by molar-refractivity contribution is 6.80. The van der Waals surface area contributed by atoms with Crippen LogP contribution in [-0.4, -0.2) is 32.1 Å². The minimum atomic E-state index is -0.450. The molecule has 0 radical (unpaired) electrons. The van der Waals surface area contributed by atoms with Crippen molar-refractivity contribution in [3.8, 4) is 5.75 Å². The molecule has 178 valence electrons. The first-order valence-corrected chi connectivity index (χ1v) is 11.5. The first-order valence-electron chi connectivity index (χ1n) is 11.5. The van der Waals surface area contributed by atoms with Gasteiger partial charge in [-0.1, -0.05) is 78.9 Å². The summed E-state index contributed by atoms with van der Waals surface area (Å²) in [6, 6.07) is 32.2. The number of nitrogens with zero attached hydrogens (tertiary/aromatic N) is 3. The number of hydrogen-bond acceptors (Lipinski definition) is 5. The zero-order valence-corrected chi connectivity index (χ0v) is 20.2. The highest BCUT2D eigenvalue weighted by atomic mass is 16.6. The summed E-state index contributed by atoms with van der Waals surface area (Å²) in [5, 5.41) is 11.5. The molecule has 6 nitrogen and oxygen atoms in total. The summed E-state index contributed by atoms with van der Waals surface area (Å²) in [6.45, 7) is -0.450. The summed E-state index contributed by atoms with van der Waals surface area (Å²) < 4.78 is 6.41. The number of hydrogen-bond donors (Lipinski definition) is 0. The predicted octanol–water partition coefficient (Wildman–Crippen LogP) is 5.26. The zero-order chi connectivity index (χ0) is 25.3. The Bertz CT molecular complexity index is 1320. The second-order valence-corrected chi connectivity index (χ2v) is 8.35. The number of rotatable bonds is 9. The molecule has 0 aliphatic carbocycles. The van der Waals surface area contributed by atoms with E-state index in [9.17, 15) is 10.1 Å². The summed E-state index contributed by atoms with van der Waals surface area (Å²) in [5.74, 6) is 0.335. The maximum Gasteiger partial charge on any atom is 0.426 e. The van der Waals surface area contributed by atoms with Crippen LogP contribution in [0.5, 0.6) is 5.75 Å². The molecule has 0 aliphatic rings. The molecule has 0 heterocycles. The third kappa shape index (κ3) is 6.27. The smallest absolute Gasteiger partial charge is 0.426 e. The van der Waals surface area contributed by atoms with Gasteiger partial charge in [0.15, 0.2) is 0 Å². The lowest BCUT2D eigenvalue weighted by molar-refractivity contribution is -0.384. The van der Waals surface area contributed by atoms with Crippen LogP contribution in [0.1, 0.15) is 5.56 Å². The molecule has 0 spiro atoms. The standard InChI is InChI=1S/C29H26BN3O3/c1-32(2)26-17-15-23(16-18-26)10-9-21-31-28-20-19-27(33(34)35)22-29(28)36-30(24-11-5-3-6-12-24)25-13-7-4-8-14-25/h3-22H,1-2H3/b10-9+,31-21?. The van der Waals surface area contributed by atoms with Crippen LogP contribution in [0.4, 0.5) is 17.1 Å². The molecule has 0 atom stereocenters. The highest BCUT2D eigenvalue weighted by Crippen LogP contribution is 2.32. The van der Waals surface area contributed by atoms with Crippen LogP contribution in [0.2, 0.25) is 0 Å². The molecule has 0 saturated carbocycles. The Kier molecular flexibility index (Phi) is 7.93. The molecule has 0 fully saturated rings. The van der Waals surface area contributed by atoms with Gasteiger partial charge in [0.25, 0.3) is 5.69 Å². The van der Waals surface area contributed by atoms with Crippen molar-refractivity contribution in [2.24, 2.45) is 4.99 Å². The number of benzene rings is 4. The normalized spacial score (nSPS) is 11.1. The van der Waals surface area contributed by atoms with Crippen molar-refractivity contribution >= 4 is 47.2 Å². The number of anilines is 1. The summed E-state index contributed by atoms with van der Waals surface area (Å²) >= 11 is 0. The molecule has 7 heteroatoms. The molecule has 4 aromatic rings. The van der Waals surface area contributed by atoms with Crippen molar-refractivity contribution in [3.05, 3.63) is 125 Å². The average molecular weight is 475 g/mol. The van der Waals surface area contributed by atoms with Gasteiger partial charge in [-0.2, -0.15) is 0 Å². The lowest BCUT2D eigenvalue weighted by Gasteiger charge is -2.18. The Balaban J connectivity index is 1.63. The van der Waals surface area contributed by atoms with Crippen molar-refractivity contribution in [3.63, 3.8) is 0 Å². The van der Waals surface area contributed by atoms with Gasteiger partial charge in [-0.15, -0.1) is 0 Å². The van der Waals surface area contributed by atoms with Crippen molar-refractivity contribution in [2.75, 3.05) is 19.0 Å². The van der Waals surface area contributed by atoms with Crippen molar-refractivity contribution < 1.29 is 9.58 Å². The van der Waals surface area contributed by atoms with Crippen LogP contribution in [0.25, 0.3) is 6.08 Å². The van der Waals surface area contributed by atoms with Gasteiger partial charge in [-0.25, -0.2) is 0 Å². The molecule has 0 bridgehead atoms. The fraction of sp³-hybridized carbons (Fsp3) is 0.0690. The fourth-order valence-corrected chi connectivity index (χ4v) is 3.69. The lowest BCUT2D eigenvalue weighted by Crippen LogP contribution is -2.47. The van der Waals surface area contributed by atoms with E-state index in [2.05, 4.69) is 4.99 Å². The van der Waals surface area contributed by atoms with Crippen LogP contribution in [-0.2, 0) is 0 Å². The first-order chi connectivity index (χ1) is 17.5. The number of nitro groups is 1. The molecule has 0 aliphatic heterocycles. The van der Waals surface area contributed by atoms with Gasteiger partial charge in [0.1, 0.15) is 11.4 Å². The molecule has 0 aromatic heterocycles. The molecular formula is C29H26BN3O3. The van der Waals surface area contributed by atoms with E-state index in [1.54, 1.807) is 12.3 Å². The van der Waals surface area contributed by atoms with E-state index in [1.807, 2.05) is 116 Å². The van der Waals surface area contributed by atoms with Crippen LogP contribution >= 0.6 is 0 Å². The average Bonchev–Trinajstić information content (AvgIpc) is 2.91. The molecule has 4 aromatic carbocycles. The Morgan fingerprint density at radius 3 is 2.03 bits per heavy atom. The summed E-state index contributed by atoms with van der Waals surface area (Å²) in [5.41, 5.74) is 4.49. The maximum atomic E-state index is 11.5. The van der Waals surface area contributed by atoms with Gasteiger partial charge >= 0.3 is 6.92 Å². The van der Waals surface area contributed by atoms with E-state index in [0.29, 0.717) is 11.4 Å². The van der Waals surface area contributed by atoms with Crippen LogP contribution in [0, 0.1) is 10.1 Å². The number of non-ortho nitro benzene ring substituents is 1. The highest BCUT2D eigenvalue weighted by Gasteiger charge is 2.25. The minimum absolute atomic E-state index is 0.0552. The van der Waals surface area contributed by atoms with E-state index in [1.165, 1.54) is 12.1 Å². The number of nitro benzene ring substituents is 1. The monoisotopic (exact) mass is 475 g/mol. The quantitative estimate of drug-likeness (QED) is 0.143. The Labute approximate surface area is 211 Å². The van der Waals surface area contributed by atoms with Crippen molar-refractivity contribution in [2.45, 2.75) is 0 Å². The van der Waals surface area contributed by atoms with Crippen LogP contribution in [0.15, 0.2) is 114 Å². The van der Waals surface area contributed by atoms with E-state index in [0.717, 1.165) is 22.2 Å². The van der Waals surface area contributed by atoms with Gasteiger partial charge in [0.2, 0.25) is 0 Å². The molecule has 0 amide bonds. The largest absolute Gasteiger partial charge is 0.550 e. The summed E-state index contributed by atoms with van der Waals surface area (Å²) in [4.78, 5) is 17.6. The molecule has 0 saturated heterocycles. The first kappa shape index (κ1) is 24.5. The van der Waals surface area contributed by atoms with E-state index >= 15 is 0 Å². The molecule has 0 N–H and O–H groups in total. The Hall–Kier alpha value is -4.65. The van der Waals surface area contributed by atoms with Gasteiger partial charge in [-0.05, 0) is 40.8 Å². The Morgan fingerprint density at radius 1 is 0.861 bits per heavy atom. The maximum absolute atomic E-state index is 11.5. The van der Waals surface area contributed by atoms with Crippen LogP contribution in [0.3, 0.4) is 0 Å². The summed E-state index contributed by atoms with van der Waals surface area (Å²) in [7, 11) is 4.00. The second kappa shape index (κ2) is 11.7.